The largest absolute Gasteiger partial charge is 0.478 e. The lowest BCUT2D eigenvalue weighted by molar-refractivity contribution is -0.137. The summed E-state index contributed by atoms with van der Waals surface area (Å²) in [6, 6.07) is 6.76. The van der Waals surface area contributed by atoms with Crippen LogP contribution in [0.25, 0.3) is 0 Å². The second-order valence-corrected chi connectivity index (χ2v) is 6.92. The molecule has 0 spiro atoms. The van der Waals surface area contributed by atoms with Crippen molar-refractivity contribution in [1.29, 1.82) is 0 Å². The summed E-state index contributed by atoms with van der Waals surface area (Å²) in [5.41, 5.74) is 1.27. The number of hydrogen-bond donors (Lipinski definition) is 2. The van der Waals surface area contributed by atoms with Gasteiger partial charge in [0.25, 0.3) is 0 Å². The fourth-order valence-electron chi connectivity index (χ4n) is 3.18. The van der Waals surface area contributed by atoms with Gasteiger partial charge in [-0.3, -0.25) is 9.80 Å². The van der Waals surface area contributed by atoms with Gasteiger partial charge in [0.2, 0.25) is 5.91 Å². The van der Waals surface area contributed by atoms with Gasteiger partial charge in [-0.25, -0.2) is 9.80 Å². The first-order valence-electron chi connectivity index (χ1n) is 9.73. The molecule has 6 heteroatoms. The number of aliphatic hydroxyl groups excluding tert-OH is 1. The van der Waals surface area contributed by atoms with E-state index in [0.717, 1.165) is 31.2 Å². The van der Waals surface area contributed by atoms with Gasteiger partial charge in [-0.1, -0.05) is 50.5 Å². The molecule has 0 aliphatic carbocycles. The Bertz CT molecular complexity index is 642. The van der Waals surface area contributed by atoms with Crippen LogP contribution in [0.15, 0.2) is 36.4 Å². The number of carbonyl (C=O) groups excluding carboxylic acids is 1. The highest BCUT2D eigenvalue weighted by atomic mass is 16.4. The van der Waals surface area contributed by atoms with Crippen LogP contribution in [0.3, 0.4) is 0 Å². The number of nitrogens with zero attached hydrogens (tertiary/aromatic N) is 2. The maximum absolute atomic E-state index is 12.2. The van der Waals surface area contributed by atoms with Crippen molar-refractivity contribution < 1.29 is 19.8 Å². The molecule has 2 rings (SSSR count). The fraction of sp³-hybridized carbons (Fsp3) is 0.524. The van der Waals surface area contributed by atoms with Gasteiger partial charge in [0.05, 0.1) is 11.7 Å². The highest BCUT2D eigenvalue weighted by Gasteiger charge is 2.27. The minimum Gasteiger partial charge on any atom is -0.478 e. The first-order chi connectivity index (χ1) is 13.0. The zero-order valence-corrected chi connectivity index (χ0v) is 16.0. The lowest BCUT2D eigenvalue weighted by Gasteiger charge is -2.27. The molecular formula is C21H30N2O4. The molecule has 0 saturated carbocycles. The topological polar surface area (TPSA) is 81.1 Å². The van der Waals surface area contributed by atoms with Crippen molar-refractivity contribution in [3.05, 3.63) is 47.5 Å². The third-order valence-corrected chi connectivity index (χ3v) is 4.80. The number of carboxylic acid groups (broad SMARTS) is 1. The number of hydrogen-bond acceptors (Lipinski definition) is 4. The SMILES string of the molecule is CCCCCC(O)/C=C/CN1CCC(=O)N1CCc1ccc(C(=O)O)cc1. The lowest BCUT2D eigenvalue weighted by atomic mass is 10.1. The van der Waals surface area contributed by atoms with Gasteiger partial charge in [-0.2, -0.15) is 0 Å². The first kappa shape index (κ1) is 21.1. The summed E-state index contributed by atoms with van der Waals surface area (Å²) in [4.78, 5) is 23.1. The minimum atomic E-state index is -0.939. The maximum atomic E-state index is 12.2. The van der Waals surface area contributed by atoms with Gasteiger partial charge in [0.1, 0.15) is 0 Å². The van der Waals surface area contributed by atoms with E-state index >= 15 is 0 Å². The van der Waals surface area contributed by atoms with Gasteiger partial charge in [0.15, 0.2) is 0 Å². The number of hydrazine groups is 1. The number of aromatic carboxylic acids is 1. The number of benzene rings is 1. The fourth-order valence-corrected chi connectivity index (χ4v) is 3.18. The molecule has 1 saturated heterocycles. The Hall–Kier alpha value is -2.18. The van der Waals surface area contributed by atoms with Crippen LogP contribution in [0.2, 0.25) is 0 Å². The Labute approximate surface area is 161 Å². The molecule has 148 valence electrons. The Kier molecular flexibility index (Phi) is 8.48. The van der Waals surface area contributed by atoms with E-state index in [1.54, 1.807) is 29.3 Å². The lowest BCUT2D eigenvalue weighted by Crippen LogP contribution is -2.40. The number of carbonyl (C=O) groups is 2. The molecular weight excluding hydrogens is 344 g/mol. The Morgan fingerprint density at radius 2 is 2.00 bits per heavy atom. The molecule has 1 heterocycles. The van der Waals surface area contributed by atoms with Crippen LogP contribution < -0.4 is 0 Å². The molecule has 0 radical (unpaired) electrons. The standard InChI is InChI=1S/C21H30N2O4/c1-2-3-4-6-19(24)7-5-14-22-15-13-20(25)23(22)16-12-17-8-10-18(11-9-17)21(26)27/h5,7-11,19,24H,2-4,6,12-16H2,1H3,(H,26,27)/b7-5+. The van der Waals surface area contributed by atoms with Crippen LogP contribution in [0.5, 0.6) is 0 Å². The van der Waals surface area contributed by atoms with Gasteiger partial charge in [0, 0.05) is 26.1 Å². The monoisotopic (exact) mass is 374 g/mol. The van der Waals surface area contributed by atoms with Gasteiger partial charge in [-0.05, 0) is 30.5 Å². The molecule has 1 fully saturated rings. The van der Waals surface area contributed by atoms with E-state index in [2.05, 4.69) is 6.92 Å². The van der Waals surface area contributed by atoms with E-state index in [4.69, 9.17) is 5.11 Å². The van der Waals surface area contributed by atoms with E-state index in [9.17, 15) is 14.7 Å². The normalized spacial score (nSPS) is 16.4. The van der Waals surface area contributed by atoms with Gasteiger partial charge in [-0.15, -0.1) is 0 Å². The Morgan fingerprint density at radius 3 is 2.67 bits per heavy atom. The average molecular weight is 374 g/mol. The molecule has 27 heavy (non-hydrogen) atoms. The predicted molar refractivity (Wildman–Crippen MR) is 104 cm³/mol. The van der Waals surface area contributed by atoms with Crippen LogP contribution in [-0.4, -0.2) is 57.8 Å². The molecule has 1 unspecified atom stereocenters. The second-order valence-electron chi connectivity index (χ2n) is 6.92. The van der Waals surface area contributed by atoms with Crippen molar-refractivity contribution >= 4 is 11.9 Å². The van der Waals surface area contributed by atoms with Crippen molar-refractivity contribution in [3.63, 3.8) is 0 Å². The summed E-state index contributed by atoms with van der Waals surface area (Å²) in [5, 5.41) is 22.7. The smallest absolute Gasteiger partial charge is 0.335 e. The van der Waals surface area contributed by atoms with Crippen molar-refractivity contribution in [3.8, 4) is 0 Å². The predicted octanol–water partition coefficient (Wildman–Crippen LogP) is 2.87. The first-order valence-corrected chi connectivity index (χ1v) is 9.73. The summed E-state index contributed by atoms with van der Waals surface area (Å²) < 4.78 is 0. The number of rotatable bonds is 11. The van der Waals surface area contributed by atoms with E-state index in [0.29, 0.717) is 32.5 Å². The summed E-state index contributed by atoms with van der Waals surface area (Å²) in [7, 11) is 0. The molecule has 0 bridgehead atoms. The molecule has 2 N–H and O–H groups in total. The third kappa shape index (κ3) is 6.81. The van der Waals surface area contributed by atoms with Crippen LogP contribution in [0, 0.1) is 0 Å². The van der Waals surface area contributed by atoms with E-state index in [1.807, 2.05) is 17.2 Å². The number of carboxylic acids is 1. The molecule has 1 aliphatic rings. The molecule has 0 aromatic heterocycles. The molecule has 6 nitrogen and oxygen atoms in total. The number of aliphatic hydroxyl groups is 1. The van der Waals surface area contributed by atoms with Crippen molar-refractivity contribution in [2.75, 3.05) is 19.6 Å². The number of amides is 1. The third-order valence-electron chi connectivity index (χ3n) is 4.80. The van der Waals surface area contributed by atoms with Crippen molar-refractivity contribution in [2.45, 2.75) is 51.6 Å². The molecule has 1 atom stereocenters. The molecule has 1 amide bonds. The highest BCUT2D eigenvalue weighted by molar-refractivity contribution is 5.87. The zero-order valence-electron chi connectivity index (χ0n) is 16.0. The second kappa shape index (κ2) is 10.8. The summed E-state index contributed by atoms with van der Waals surface area (Å²) >= 11 is 0. The van der Waals surface area contributed by atoms with Crippen LogP contribution in [0.1, 0.15) is 54.9 Å². The summed E-state index contributed by atoms with van der Waals surface area (Å²) in [6.45, 7) is 4.00. The molecule has 1 aromatic rings. The van der Waals surface area contributed by atoms with E-state index in [-0.39, 0.29) is 11.5 Å². The summed E-state index contributed by atoms with van der Waals surface area (Å²) in [6.07, 6.45) is 8.58. The average Bonchev–Trinajstić information content (AvgIpc) is 3.00. The highest BCUT2D eigenvalue weighted by Crippen LogP contribution is 2.14. The quantitative estimate of drug-likeness (QED) is 0.460. The van der Waals surface area contributed by atoms with Crippen LogP contribution in [-0.2, 0) is 11.2 Å². The van der Waals surface area contributed by atoms with Crippen molar-refractivity contribution in [2.24, 2.45) is 0 Å². The van der Waals surface area contributed by atoms with Crippen molar-refractivity contribution in [1.82, 2.24) is 10.0 Å². The van der Waals surface area contributed by atoms with Gasteiger partial charge < -0.3 is 10.2 Å². The molecule has 1 aliphatic heterocycles. The minimum absolute atomic E-state index is 0.106. The van der Waals surface area contributed by atoms with E-state index < -0.39 is 12.1 Å². The summed E-state index contributed by atoms with van der Waals surface area (Å²) in [5.74, 6) is -0.833. The molecule has 1 aromatic carbocycles. The van der Waals surface area contributed by atoms with E-state index in [1.165, 1.54) is 0 Å². The van der Waals surface area contributed by atoms with Crippen LogP contribution in [0.4, 0.5) is 0 Å². The van der Waals surface area contributed by atoms with Gasteiger partial charge >= 0.3 is 5.97 Å². The zero-order chi connectivity index (χ0) is 19.6. The Morgan fingerprint density at radius 1 is 1.26 bits per heavy atom. The maximum Gasteiger partial charge on any atom is 0.335 e. The van der Waals surface area contributed by atoms with Crippen LogP contribution >= 0.6 is 0 Å². The number of unbranched alkanes of at least 4 members (excludes halogenated alkanes) is 2. The Balaban J connectivity index is 1.82.